The molecule has 102 valence electrons. The van der Waals surface area contributed by atoms with Crippen molar-refractivity contribution in [2.45, 2.75) is 45.2 Å². The van der Waals surface area contributed by atoms with Crippen LogP contribution in [0.4, 0.5) is 0 Å². The molecule has 0 heterocycles. The van der Waals surface area contributed by atoms with Crippen LogP contribution in [-0.2, 0) is 5.54 Å². The molecule has 2 N–H and O–H groups in total. The van der Waals surface area contributed by atoms with Gasteiger partial charge in [-0.2, -0.15) is 0 Å². The predicted molar refractivity (Wildman–Crippen MR) is 79.5 cm³/mol. The van der Waals surface area contributed by atoms with E-state index in [1.807, 2.05) is 0 Å². The molecule has 0 aliphatic carbocycles. The monoisotopic (exact) mass is 248 g/mol. The summed E-state index contributed by atoms with van der Waals surface area (Å²) in [7, 11) is 4.26. The second-order valence-corrected chi connectivity index (χ2v) is 5.72. The van der Waals surface area contributed by atoms with Gasteiger partial charge in [-0.3, -0.25) is 0 Å². The number of likely N-dealkylation sites (N-methyl/N-ethyl adjacent to an activating group) is 1. The molecular formula is C16H28N2. The van der Waals surface area contributed by atoms with Gasteiger partial charge in [-0.25, -0.2) is 0 Å². The molecule has 0 aliphatic heterocycles. The molecule has 1 rings (SSSR count). The van der Waals surface area contributed by atoms with Crippen molar-refractivity contribution in [1.82, 2.24) is 4.90 Å². The summed E-state index contributed by atoms with van der Waals surface area (Å²) in [6.45, 7) is 6.67. The van der Waals surface area contributed by atoms with Crippen molar-refractivity contribution in [3.05, 3.63) is 35.9 Å². The number of benzene rings is 1. The maximum atomic E-state index is 6.85. The van der Waals surface area contributed by atoms with E-state index < -0.39 is 0 Å². The Hall–Kier alpha value is -0.860. The third-order valence-corrected chi connectivity index (χ3v) is 3.97. The van der Waals surface area contributed by atoms with E-state index in [1.165, 1.54) is 5.56 Å². The van der Waals surface area contributed by atoms with Gasteiger partial charge < -0.3 is 10.6 Å². The molecule has 0 saturated carbocycles. The van der Waals surface area contributed by atoms with Gasteiger partial charge in [-0.05, 0) is 32.0 Å². The summed E-state index contributed by atoms with van der Waals surface area (Å²) in [6, 6.07) is 10.9. The standard InChI is InChI=1S/C16H28N2/c1-6-10-15(18(4)5)16(17,13(2)3)14-11-8-7-9-12-14/h7-9,11-13,15H,6,10,17H2,1-5H3. The molecule has 0 fully saturated rings. The van der Waals surface area contributed by atoms with Crippen LogP contribution in [0.3, 0.4) is 0 Å². The van der Waals surface area contributed by atoms with E-state index >= 15 is 0 Å². The summed E-state index contributed by atoms with van der Waals surface area (Å²) in [5.41, 5.74) is 7.80. The Morgan fingerprint density at radius 3 is 2.11 bits per heavy atom. The SMILES string of the molecule is CCCC(N(C)C)C(N)(c1ccccc1)C(C)C. The Bertz CT molecular complexity index is 345. The van der Waals surface area contributed by atoms with Crippen LogP contribution in [0.15, 0.2) is 30.3 Å². The highest BCUT2D eigenvalue weighted by Crippen LogP contribution is 2.34. The molecule has 0 amide bonds. The van der Waals surface area contributed by atoms with Crippen LogP contribution < -0.4 is 5.73 Å². The normalized spacial score (nSPS) is 16.9. The van der Waals surface area contributed by atoms with Gasteiger partial charge >= 0.3 is 0 Å². The molecule has 2 atom stereocenters. The van der Waals surface area contributed by atoms with Crippen LogP contribution in [0.25, 0.3) is 0 Å². The molecule has 1 aromatic rings. The summed E-state index contributed by atoms with van der Waals surface area (Å²) in [5.74, 6) is 0.402. The van der Waals surface area contributed by atoms with Gasteiger partial charge in [0.15, 0.2) is 0 Å². The summed E-state index contributed by atoms with van der Waals surface area (Å²) in [4.78, 5) is 2.27. The van der Waals surface area contributed by atoms with E-state index in [1.54, 1.807) is 0 Å². The maximum Gasteiger partial charge on any atom is 0.0590 e. The van der Waals surface area contributed by atoms with Gasteiger partial charge in [0.05, 0.1) is 5.54 Å². The van der Waals surface area contributed by atoms with Crippen LogP contribution in [0.5, 0.6) is 0 Å². The van der Waals surface area contributed by atoms with Gasteiger partial charge in [0.2, 0.25) is 0 Å². The topological polar surface area (TPSA) is 29.3 Å². The van der Waals surface area contributed by atoms with Gasteiger partial charge in [0.1, 0.15) is 0 Å². The Balaban J connectivity index is 3.21. The molecule has 0 radical (unpaired) electrons. The zero-order chi connectivity index (χ0) is 13.8. The lowest BCUT2D eigenvalue weighted by molar-refractivity contribution is 0.122. The average Bonchev–Trinajstić information content (AvgIpc) is 2.35. The van der Waals surface area contributed by atoms with Crippen molar-refractivity contribution in [3.63, 3.8) is 0 Å². The average molecular weight is 248 g/mol. The molecule has 2 unspecified atom stereocenters. The van der Waals surface area contributed by atoms with E-state index in [0.29, 0.717) is 12.0 Å². The first kappa shape index (κ1) is 15.2. The van der Waals surface area contributed by atoms with Crippen LogP contribution >= 0.6 is 0 Å². The van der Waals surface area contributed by atoms with E-state index in [0.717, 1.165) is 12.8 Å². The number of nitrogens with zero attached hydrogens (tertiary/aromatic N) is 1. The highest BCUT2D eigenvalue weighted by atomic mass is 15.1. The predicted octanol–water partition coefficient (Wildman–Crippen LogP) is 3.23. The summed E-state index contributed by atoms with van der Waals surface area (Å²) in [5, 5.41) is 0. The molecule has 0 saturated heterocycles. The number of hydrogen-bond donors (Lipinski definition) is 1. The van der Waals surface area contributed by atoms with Crippen molar-refractivity contribution in [1.29, 1.82) is 0 Å². The van der Waals surface area contributed by atoms with E-state index in [2.05, 4.69) is 70.1 Å². The first-order chi connectivity index (χ1) is 8.44. The van der Waals surface area contributed by atoms with Crippen molar-refractivity contribution in [3.8, 4) is 0 Å². The fourth-order valence-electron chi connectivity index (χ4n) is 2.84. The third kappa shape index (κ3) is 2.93. The molecule has 0 bridgehead atoms. The first-order valence-corrected chi connectivity index (χ1v) is 6.95. The molecule has 0 spiro atoms. The zero-order valence-electron chi connectivity index (χ0n) is 12.5. The van der Waals surface area contributed by atoms with Crippen LogP contribution in [-0.4, -0.2) is 25.0 Å². The minimum absolute atomic E-state index is 0.291. The van der Waals surface area contributed by atoms with Gasteiger partial charge in [-0.1, -0.05) is 57.5 Å². The van der Waals surface area contributed by atoms with Crippen LogP contribution in [0, 0.1) is 5.92 Å². The lowest BCUT2D eigenvalue weighted by Crippen LogP contribution is -2.57. The summed E-state index contributed by atoms with van der Waals surface area (Å²) >= 11 is 0. The molecule has 2 heteroatoms. The lowest BCUT2D eigenvalue weighted by Gasteiger charge is -2.45. The second-order valence-electron chi connectivity index (χ2n) is 5.72. The van der Waals surface area contributed by atoms with Crippen molar-refractivity contribution in [2.24, 2.45) is 11.7 Å². The minimum atomic E-state index is -0.291. The number of rotatable bonds is 6. The molecule has 0 aromatic heterocycles. The van der Waals surface area contributed by atoms with Crippen molar-refractivity contribution < 1.29 is 0 Å². The first-order valence-electron chi connectivity index (χ1n) is 6.95. The van der Waals surface area contributed by atoms with Crippen molar-refractivity contribution in [2.75, 3.05) is 14.1 Å². The zero-order valence-corrected chi connectivity index (χ0v) is 12.5. The molecule has 1 aromatic carbocycles. The van der Waals surface area contributed by atoms with Gasteiger partial charge in [-0.15, -0.1) is 0 Å². The third-order valence-electron chi connectivity index (χ3n) is 3.97. The van der Waals surface area contributed by atoms with Crippen molar-refractivity contribution >= 4 is 0 Å². The smallest absolute Gasteiger partial charge is 0.0590 e. The Kier molecular flexibility index (Phi) is 5.36. The Morgan fingerprint density at radius 1 is 1.17 bits per heavy atom. The number of nitrogens with two attached hydrogens (primary N) is 1. The highest BCUT2D eigenvalue weighted by molar-refractivity contribution is 5.27. The van der Waals surface area contributed by atoms with E-state index in [-0.39, 0.29) is 5.54 Å². The fraction of sp³-hybridized carbons (Fsp3) is 0.625. The second kappa shape index (κ2) is 6.35. The molecule has 18 heavy (non-hydrogen) atoms. The quantitative estimate of drug-likeness (QED) is 0.837. The van der Waals surface area contributed by atoms with Crippen LogP contribution in [0.1, 0.15) is 39.2 Å². The van der Waals surface area contributed by atoms with Crippen LogP contribution in [0.2, 0.25) is 0 Å². The lowest BCUT2D eigenvalue weighted by atomic mass is 9.73. The fourth-order valence-corrected chi connectivity index (χ4v) is 2.84. The van der Waals surface area contributed by atoms with Gasteiger partial charge in [0.25, 0.3) is 0 Å². The minimum Gasteiger partial charge on any atom is -0.320 e. The van der Waals surface area contributed by atoms with E-state index in [4.69, 9.17) is 5.73 Å². The summed E-state index contributed by atoms with van der Waals surface area (Å²) in [6.07, 6.45) is 2.28. The largest absolute Gasteiger partial charge is 0.320 e. The Labute approximate surface area is 112 Å². The summed E-state index contributed by atoms with van der Waals surface area (Å²) < 4.78 is 0. The molecular weight excluding hydrogens is 220 g/mol. The highest BCUT2D eigenvalue weighted by Gasteiger charge is 2.40. The van der Waals surface area contributed by atoms with E-state index in [9.17, 15) is 0 Å². The molecule has 0 aliphatic rings. The van der Waals surface area contributed by atoms with Gasteiger partial charge in [0, 0.05) is 6.04 Å². The number of hydrogen-bond acceptors (Lipinski definition) is 2. The maximum absolute atomic E-state index is 6.85. The molecule has 2 nitrogen and oxygen atoms in total. The Morgan fingerprint density at radius 2 is 1.72 bits per heavy atom.